The van der Waals surface area contributed by atoms with Crippen LogP contribution in [0.4, 0.5) is 0 Å². The molecule has 4 nitrogen and oxygen atoms in total. The fraction of sp³-hybridized carbons (Fsp3) is 0.529. The molecule has 1 aliphatic rings. The fourth-order valence-corrected chi connectivity index (χ4v) is 2.63. The van der Waals surface area contributed by atoms with Crippen molar-refractivity contribution in [2.75, 3.05) is 32.7 Å². The predicted octanol–water partition coefficient (Wildman–Crippen LogP) is 2.51. The first-order valence-corrected chi connectivity index (χ1v) is 7.76. The molecule has 0 aliphatic carbocycles. The first kappa shape index (κ1) is 15.5. The molecule has 0 radical (unpaired) electrons. The number of unbranched alkanes of at least 4 members (excludes halogenated alkanes) is 2. The summed E-state index contributed by atoms with van der Waals surface area (Å²) >= 11 is 0. The largest absolute Gasteiger partial charge is 0.336 e. The van der Waals surface area contributed by atoms with Gasteiger partial charge < -0.3 is 4.90 Å². The van der Waals surface area contributed by atoms with Crippen molar-refractivity contribution in [3.63, 3.8) is 0 Å². The Hall–Kier alpha value is -1.86. The number of piperazine rings is 1. The molecule has 1 aliphatic heterocycles. The highest BCUT2D eigenvalue weighted by Crippen LogP contribution is 2.11. The topological polar surface area (TPSA) is 47.3 Å². The summed E-state index contributed by atoms with van der Waals surface area (Å²) in [5.41, 5.74) is 1.26. The molecular weight excluding hydrogens is 262 g/mol. The Labute approximate surface area is 127 Å². The minimum Gasteiger partial charge on any atom is -0.336 e. The maximum atomic E-state index is 12.4. The van der Waals surface area contributed by atoms with Crippen LogP contribution in [0.25, 0.3) is 0 Å². The van der Waals surface area contributed by atoms with E-state index in [9.17, 15) is 4.79 Å². The number of carbonyl (C=O) groups is 1. The van der Waals surface area contributed by atoms with Crippen molar-refractivity contribution >= 4 is 5.91 Å². The van der Waals surface area contributed by atoms with Gasteiger partial charge in [-0.05, 0) is 37.2 Å². The lowest BCUT2D eigenvalue weighted by molar-refractivity contribution is 0.0635. The Bertz CT molecular complexity index is 496. The van der Waals surface area contributed by atoms with Crippen LogP contribution in [0.15, 0.2) is 24.3 Å². The molecule has 21 heavy (non-hydrogen) atoms. The van der Waals surface area contributed by atoms with Crippen molar-refractivity contribution in [2.45, 2.75) is 26.2 Å². The molecule has 112 valence electrons. The number of nitrogens with zero attached hydrogens (tertiary/aromatic N) is 3. The van der Waals surface area contributed by atoms with E-state index in [1.807, 2.05) is 4.90 Å². The minimum atomic E-state index is 0.0766. The zero-order chi connectivity index (χ0) is 15.1. The van der Waals surface area contributed by atoms with Gasteiger partial charge in [0.25, 0.3) is 5.91 Å². The molecule has 4 heteroatoms. The van der Waals surface area contributed by atoms with E-state index in [-0.39, 0.29) is 5.91 Å². The van der Waals surface area contributed by atoms with Crippen molar-refractivity contribution < 1.29 is 4.79 Å². The van der Waals surface area contributed by atoms with Gasteiger partial charge >= 0.3 is 0 Å². The highest BCUT2D eigenvalue weighted by atomic mass is 16.2. The van der Waals surface area contributed by atoms with Gasteiger partial charge in [-0.25, -0.2) is 0 Å². The van der Waals surface area contributed by atoms with Gasteiger partial charge in [0.1, 0.15) is 0 Å². The van der Waals surface area contributed by atoms with E-state index in [0.29, 0.717) is 11.1 Å². The van der Waals surface area contributed by atoms with Crippen LogP contribution in [0.5, 0.6) is 0 Å². The van der Waals surface area contributed by atoms with Gasteiger partial charge in [-0.2, -0.15) is 5.26 Å². The number of hydrogen-bond donors (Lipinski definition) is 0. The molecule has 0 atom stereocenters. The molecule has 0 spiro atoms. The van der Waals surface area contributed by atoms with E-state index >= 15 is 0 Å². The Kier molecular flexibility index (Phi) is 5.77. The first-order chi connectivity index (χ1) is 10.2. The molecule has 1 aromatic rings. The Balaban J connectivity index is 1.83. The Morgan fingerprint density at radius 2 is 1.81 bits per heavy atom. The van der Waals surface area contributed by atoms with Crippen LogP contribution in [-0.2, 0) is 0 Å². The van der Waals surface area contributed by atoms with Crippen molar-refractivity contribution in [1.82, 2.24) is 9.80 Å². The number of nitriles is 1. The maximum absolute atomic E-state index is 12.4. The van der Waals surface area contributed by atoms with E-state index in [1.54, 1.807) is 24.3 Å². The summed E-state index contributed by atoms with van der Waals surface area (Å²) in [7, 11) is 0. The summed E-state index contributed by atoms with van der Waals surface area (Å²) < 4.78 is 0. The molecule has 1 aromatic carbocycles. The highest BCUT2D eigenvalue weighted by molar-refractivity contribution is 5.94. The van der Waals surface area contributed by atoms with Gasteiger partial charge in [0, 0.05) is 31.7 Å². The Morgan fingerprint density at radius 3 is 2.38 bits per heavy atom. The summed E-state index contributed by atoms with van der Waals surface area (Å²) in [4.78, 5) is 16.7. The third-order valence-corrected chi connectivity index (χ3v) is 4.00. The first-order valence-electron chi connectivity index (χ1n) is 7.76. The summed E-state index contributed by atoms with van der Waals surface area (Å²) in [6.45, 7) is 6.88. The molecule has 1 amide bonds. The quantitative estimate of drug-likeness (QED) is 0.781. The minimum absolute atomic E-state index is 0.0766. The number of carbonyl (C=O) groups excluding carboxylic acids is 1. The summed E-state index contributed by atoms with van der Waals surface area (Å²) in [6, 6.07) is 8.97. The van der Waals surface area contributed by atoms with Crippen LogP contribution in [0.3, 0.4) is 0 Å². The van der Waals surface area contributed by atoms with E-state index in [4.69, 9.17) is 5.26 Å². The highest BCUT2D eigenvalue weighted by Gasteiger charge is 2.21. The van der Waals surface area contributed by atoms with Gasteiger partial charge in [-0.1, -0.05) is 19.8 Å². The van der Waals surface area contributed by atoms with Gasteiger partial charge in [-0.15, -0.1) is 0 Å². The van der Waals surface area contributed by atoms with Crippen LogP contribution in [0.1, 0.15) is 42.1 Å². The lowest BCUT2D eigenvalue weighted by atomic mass is 10.1. The smallest absolute Gasteiger partial charge is 0.253 e. The zero-order valence-corrected chi connectivity index (χ0v) is 12.7. The molecule has 0 bridgehead atoms. The van der Waals surface area contributed by atoms with E-state index in [0.717, 1.165) is 32.7 Å². The Morgan fingerprint density at radius 1 is 1.14 bits per heavy atom. The van der Waals surface area contributed by atoms with Gasteiger partial charge in [0.05, 0.1) is 11.6 Å². The monoisotopic (exact) mass is 285 g/mol. The maximum Gasteiger partial charge on any atom is 0.253 e. The van der Waals surface area contributed by atoms with Crippen LogP contribution < -0.4 is 0 Å². The second-order valence-corrected chi connectivity index (χ2v) is 5.53. The molecule has 0 aromatic heterocycles. The third-order valence-electron chi connectivity index (χ3n) is 4.00. The lowest BCUT2D eigenvalue weighted by Crippen LogP contribution is -2.48. The summed E-state index contributed by atoms with van der Waals surface area (Å²) in [6.07, 6.45) is 3.78. The third kappa shape index (κ3) is 4.30. The van der Waals surface area contributed by atoms with Gasteiger partial charge in [0.15, 0.2) is 0 Å². The molecule has 0 unspecified atom stereocenters. The van der Waals surface area contributed by atoms with E-state index in [2.05, 4.69) is 17.9 Å². The molecule has 1 fully saturated rings. The van der Waals surface area contributed by atoms with Crippen molar-refractivity contribution in [2.24, 2.45) is 0 Å². The van der Waals surface area contributed by atoms with Crippen LogP contribution >= 0.6 is 0 Å². The van der Waals surface area contributed by atoms with Crippen LogP contribution in [0.2, 0.25) is 0 Å². The van der Waals surface area contributed by atoms with Gasteiger partial charge in [-0.3, -0.25) is 9.69 Å². The van der Waals surface area contributed by atoms with Gasteiger partial charge in [0.2, 0.25) is 0 Å². The average molecular weight is 285 g/mol. The fourth-order valence-electron chi connectivity index (χ4n) is 2.63. The average Bonchev–Trinajstić information content (AvgIpc) is 2.55. The zero-order valence-electron chi connectivity index (χ0n) is 12.7. The van der Waals surface area contributed by atoms with Crippen molar-refractivity contribution in [3.05, 3.63) is 35.4 Å². The second kappa shape index (κ2) is 7.80. The molecule has 2 rings (SSSR count). The molecule has 1 saturated heterocycles. The number of rotatable bonds is 5. The predicted molar refractivity (Wildman–Crippen MR) is 83.0 cm³/mol. The molecule has 0 N–H and O–H groups in total. The van der Waals surface area contributed by atoms with Crippen LogP contribution in [0, 0.1) is 11.3 Å². The van der Waals surface area contributed by atoms with E-state index in [1.165, 1.54) is 19.3 Å². The summed E-state index contributed by atoms with van der Waals surface area (Å²) in [5, 5.41) is 8.78. The number of hydrogen-bond acceptors (Lipinski definition) is 3. The SMILES string of the molecule is CCCCCN1CCN(C(=O)c2ccc(C#N)cc2)CC1. The number of amides is 1. The molecular formula is C17H23N3O. The van der Waals surface area contributed by atoms with Crippen LogP contribution in [-0.4, -0.2) is 48.4 Å². The normalized spacial score (nSPS) is 15.7. The standard InChI is InChI=1S/C17H23N3O/c1-2-3-4-9-19-10-12-20(13-11-19)17(21)16-7-5-15(14-18)6-8-16/h5-8H,2-4,9-13H2,1H3. The second-order valence-electron chi connectivity index (χ2n) is 5.53. The molecule has 0 saturated carbocycles. The summed E-state index contributed by atoms with van der Waals surface area (Å²) in [5.74, 6) is 0.0766. The van der Waals surface area contributed by atoms with Crippen molar-refractivity contribution in [1.29, 1.82) is 5.26 Å². The molecule has 1 heterocycles. The lowest BCUT2D eigenvalue weighted by Gasteiger charge is -2.34. The van der Waals surface area contributed by atoms with E-state index < -0.39 is 0 Å². The van der Waals surface area contributed by atoms with Crippen molar-refractivity contribution in [3.8, 4) is 6.07 Å². The number of benzene rings is 1.